The number of nitrogens with one attached hydrogen (secondary N) is 1. The quantitative estimate of drug-likeness (QED) is 0.909. The largest absolute Gasteiger partial charge is 0.370 e. The first-order chi connectivity index (χ1) is 10.2. The van der Waals surface area contributed by atoms with Crippen molar-refractivity contribution in [2.24, 2.45) is 0 Å². The number of nitrogens with zero attached hydrogens (tertiary/aromatic N) is 2. The molecule has 0 aliphatic carbocycles. The van der Waals surface area contributed by atoms with Gasteiger partial charge in [0.2, 0.25) is 0 Å². The lowest BCUT2D eigenvalue weighted by molar-refractivity contribution is 0.475. The zero-order valence-electron chi connectivity index (χ0n) is 13.3. The van der Waals surface area contributed by atoms with Crippen molar-refractivity contribution in [2.75, 3.05) is 11.9 Å². The molecule has 1 aliphatic rings. The Morgan fingerprint density at radius 1 is 1.29 bits per heavy atom. The Kier molecular flexibility index (Phi) is 4.00. The second-order valence-electron chi connectivity index (χ2n) is 6.16. The summed E-state index contributed by atoms with van der Waals surface area (Å²) in [6.45, 7) is 7.62. The van der Waals surface area contributed by atoms with Crippen molar-refractivity contribution in [2.45, 2.75) is 52.5 Å². The predicted molar refractivity (Wildman–Crippen MR) is 88.0 cm³/mol. The van der Waals surface area contributed by atoms with E-state index in [2.05, 4.69) is 55.0 Å². The van der Waals surface area contributed by atoms with Gasteiger partial charge in [0.15, 0.2) is 0 Å². The molecule has 0 bridgehead atoms. The third-order valence-corrected chi connectivity index (χ3v) is 4.38. The van der Waals surface area contributed by atoms with E-state index in [0.717, 1.165) is 19.4 Å². The summed E-state index contributed by atoms with van der Waals surface area (Å²) >= 11 is 0. The van der Waals surface area contributed by atoms with Gasteiger partial charge in [0.1, 0.15) is 5.82 Å². The van der Waals surface area contributed by atoms with Crippen LogP contribution in [0, 0.1) is 13.8 Å². The molecule has 3 heteroatoms. The molecule has 1 aromatic heterocycles. The van der Waals surface area contributed by atoms with E-state index < -0.39 is 0 Å². The SMILES string of the molecule is CCCCc1cc2n(n1)C(c1ccc(C)cc1C)CCN2. The maximum Gasteiger partial charge on any atom is 0.125 e. The molecule has 1 aliphatic heterocycles. The van der Waals surface area contributed by atoms with Crippen molar-refractivity contribution in [3.05, 3.63) is 46.6 Å². The van der Waals surface area contributed by atoms with Gasteiger partial charge in [-0.15, -0.1) is 0 Å². The smallest absolute Gasteiger partial charge is 0.125 e. The minimum atomic E-state index is 0.372. The summed E-state index contributed by atoms with van der Waals surface area (Å²) in [5.41, 5.74) is 5.33. The molecule has 0 amide bonds. The average Bonchev–Trinajstić information content (AvgIpc) is 2.88. The molecule has 0 radical (unpaired) electrons. The van der Waals surface area contributed by atoms with Crippen molar-refractivity contribution in [1.82, 2.24) is 9.78 Å². The molecule has 21 heavy (non-hydrogen) atoms. The summed E-state index contributed by atoms with van der Waals surface area (Å²) in [6.07, 6.45) is 4.62. The second kappa shape index (κ2) is 5.92. The van der Waals surface area contributed by atoms with Gasteiger partial charge in [-0.1, -0.05) is 37.1 Å². The van der Waals surface area contributed by atoms with Gasteiger partial charge in [-0.25, -0.2) is 4.68 Å². The first-order valence-corrected chi connectivity index (χ1v) is 8.08. The molecule has 112 valence electrons. The lowest BCUT2D eigenvalue weighted by atomic mass is 9.96. The third kappa shape index (κ3) is 2.82. The highest BCUT2D eigenvalue weighted by atomic mass is 15.4. The molecule has 1 unspecified atom stereocenters. The van der Waals surface area contributed by atoms with Crippen LogP contribution in [0.4, 0.5) is 5.82 Å². The van der Waals surface area contributed by atoms with E-state index in [4.69, 9.17) is 5.10 Å². The molecule has 1 aromatic carbocycles. The molecule has 2 heterocycles. The van der Waals surface area contributed by atoms with Crippen LogP contribution in [-0.2, 0) is 6.42 Å². The Morgan fingerprint density at radius 3 is 2.90 bits per heavy atom. The minimum absolute atomic E-state index is 0.372. The number of aromatic nitrogens is 2. The average molecular weight is 283 g/mol. The summed E-state index contributed by atoms with van der Waals surface area (Å²) in [7, 11) is 0. The fourth-order valence-corrected chi connectivity index (χ4v) is 3.24. The van der Waals surface area contributed by atoms with Crippen LogP contribution in [0.3, 0.4) is 0 Å². The predicted octanol–water partition coefficient (Wildman–Crippen LogP) is 4.25. The van der Waals surface area contributed by atoms with Crippen molar-refractivity contribution >= 4 is 5.82 Å². The van der Waals surface area contributed by atoms with Crippen LogP contribution in [-0.4, -0.2) is 16.3 Å². The lowest BCUT2D eigenvalue weighted by Crippen LogP contribution is -2.24. The maximum absolute atomic E-state index is 4.86. The minimum Gasteiger partial charge on any atom is -0.370 e. The molecule has 1 atom stereocenters. The van der Waals surface area contributed by atoms with E-state index in [9.17, 15) is 0 Å². The second-order valence-corrected chi connectivity index (χ2v) is 6.16. The number of anilines is 1. The molecular weight excluding hydrogens is 258 g/mol. The van der Waals surface area contributed by atoms with E-state index in [1.54, 1.807) is 0 Å². The Balaban J connectivity index is 1.94. The van der Waals surface area contributed by atoms with Gasteiger partial charge in [-0.2, -0.15) is 5.10 Å². The van der Waals surface area contributed by atoms with Crippen LogP contribution in [0.15, 0.2) is 24.3 Å². The number of aryl methyl sites for hydroxylation is 3. The van der Waals surface area contributed by atoms with Gasteiger partial charge in [0, 0.05) is 12.6 Å². The Bertz CT molecular complexity index is 627. The fourth-order valence-electron chi connectivity index (χ4n) is 3.24. The van der Waals surface area contributed by atoms with Gasteiger partial charge in [0.05, 0.1) is 11.7 Å². The highest BCUT2D eigenvalue weighted by Gasteiger charge is 2.24. The summed E-state index contributed by atoms with van der Waals surface area (Å²) in [5, 5.41) is 8.35. The van der Waals surface area contributed by atoms with E-state index >= 15 is 0 Å². The summed E-state index contributed by atoms with van der Waals surface area (Å²) in [6, 6.07) is 9.37. The maximum atomic E-state index is 4.86. The zero-order valence-corrected chi connectivity index (χ0v) is 13.3. The van der Waals surface area contributed by atoms with Gasteiger partial charge in [-0.05, 0) is 44.2 Å². The molecule has 1 N–H and O–H groups in total. The molecule has 0 saturated heterocycles. The Hall–Kier alpha value is -1.77. The van der Waals surface area contributed by atoms with Gasteiger partial charge < -0.3 is 5.32 Å². The van der Waals surface area contributed by atoms with Gasteiger partial charge in [-0.3, -0.25) is 0 Å². The Labute approximate surface area is 127 Å². The summed E-state index contributed by atoms with van der Waals surface area (Å²) in [5.74, 6) is 1.18. The van der Waals surface area contributed by atoms with Crippen LogP contribution >= 0.6 is 0 Å². The normalized spacial score (nSPS) is 17.4. The first-order valence-electron chi connectivity index (χ1n) is 8.08. The van der Waals surface area contributed by atoms with Crippen molar-refractivity contribution in [3.8, 4) is 0 Å². The number of hydrogen-bond donors (Lipinski definition) is 1. The van der Waals surface area contributed by atoms with E-state index in [1.807, 2.05) is 0 Å². The van der Waals surface area contributed by atoms with Crippen LogP contribution < -0.4 is 5.32 Å². The number of unbranched alkanes of at least 4 members (excludes halogenated alkanes) is 1. The molecule has 0 spiro atoms. The van der Waals surface area contributed by atoms with Gasteiger partial charge >= 0.3 is 0 Å². The monoisotopic (exact) mass is 283 g/mol. The summed E-state index contributed by atoms with van der Waals surface area (Å²) in [4.78, 5) is 0. The number of rotatable bonds is 4. The molecule has 0 fully saturated rings. The molecule has 2 aromatic rings. The van der Waals surface area contributed by atoms with E-state index in [1.165, 1.54) is 41.0 Å². The molecule has 3 nitrogen and oxygen atoms in total. The standard InChI is InChI=1S/C18H25N3/c1-4-5-6-15-12-18-19-10-9-17(21(18)20-15)16-8-7-13(2)11-14(16)3/h7-8,11-12,17,19H,4-6,9-10H2,1-3H3. The van der Waals surface area contributed by atoms with E-state index in [-0.39, 0.29) is 0 Å². The molecular formula is C18H25N3. The highest BCUT2D eigenvalue weighted by molar-refractivity contribution is 5.43. The highest BCUT2D eigenvalue weighted by Crippen LogP contribution is 2.32. The molecule has 0 saturated carbocycles. The van der Waals surface area contributed by atoms with Crippen LogP contribution in [0.2, 0.25) is 0 Å². The van der Waals surface area contributed by atoms with Crippen LogP contribution in [0.25, 0.3) is 0 Å². The fraction of sp³-hybridized carbons (Fsp3) is 0.500. The third-order valence-electron chi connectivity index (χ3n) is 4.38. The number of hydrogen-bond acceptors (Lipinski definition) is 2. The first kappa shape index (κ1) is 14.2. The van der Waals surface area contributed by atoms with Gasteiger partial charge in [0.25, 0.3) is 0 Å². The topological polar surface area (TPSA) is 29.9 Å². The molecule has 3 rings (SSSR count). The van der Waals surface area contributed by atoms with Crippen molar-refractivity contribution in [3.63, 3.8) is 0 Å². The number of fused-ring (bicyclic) bond motifs is 1. The Morgan fingerprint density at radius 2 is 2.14 bits per heavy atom. The zero-order chi connectivity index (χ0) is 14.8. The lowest BCUT2D eigenvalue weighted by Gasteiger charge is -2.27. The van der Waals surface area contributed by atoms with Crippen molar-refractivity contribution < 1.29 is 0 Å². The number of benzene rings is 1. The summed E-state index contributed by atoms with van der Waals surface area (Å²) < 4.78 is 2.20. The van der Waals surface area contributed by atoms with E-state index in [0.29, 0.717) is 6.04 Å². The van der Waals surface area contributed by atoms with Crippen LogP contribution in [0.1, 0.15) is 54.6 Å². The van der Waals surface area contributed by atoms with Crippen LogP contribution in [0.5, 0.6) is 0 Å². The van der Waals surface area contributed by atoms with Crippen molar-refractivity contribution in [1.29, 1.82) is 0 Å².